The highest BCUT2D eigenvalue weighted by molar-refractivity contribution is 5.85. The van der Waals surface area contributed by atoms with Crippen LogP contribution in [0.1, 0.15) is 41.7 Å². The molecule has 0 spiro atoms. The molecule has 2 heterocycles. The molecule has 1 aromatic heterocycles. The van der Waals surface area contributed by atoms with E-state index in [1.165, 1.54) is 0 Å². The summed E-state index contributed by atoms with van der Waals surface area (Å²) in [6.45, 7) is 2.66. The van der Waals surface area contributed by atoms with Crippen molar-refractivity contribution in [3.63, 3.8) is 0 Å². The molecule has 0 radical (unpaired) electrons. The minimum atomic E-state index is -0.335. The molecule has 0 aliphatic carbocycles. The highest BCUT2D eigenvalue weighted by Gasteiger charge is 2.40. The summed E-state index contributed by atoms with van der Waals surface area (Å²) in [7, 11) is 1.88. The monoisotopic (exact) mass is 417 g/mol. The molecule has 2 atom stereocenters. The predicted molar refractivity (Wildman–Crippen MR) is 116 cm³/mol. The van der Waals surface area contributed by atoms with Crippen LogP contribution in [0.4, 0.5) is 0 Å². The molecule has 2 unspecified atom stereocenters. The lowest BCUT2D eigenvalue weighted by Gasteiger charge is -2.41. The summed E-state index contributed by atoms with van der Waals surface area (Å²) < 4.78 is 1.86. The number of nitrogens with one attached hydrogen (secondary N) is 1. The van der Waals surface area contributed by atoms with Gasteiger partial charge in [-0.2, -0.15) is 0 Å². The van der Waals surface area contributed by atoms with Crippen molar-refractivity contribution in [1.29, 1.82) is 0 Å². The Hall–Kier alpha value is -3.48. The predicted octanol–water partition coefficient (Wildman–Crippen LogP) is 2.92. The van der Waals surface area contributed by atoms with E-state index in [-0.39, 0.29) is 23.8 Å². The van der Waals surface area contributed by atoms with E-state index in [0.717, 1.165) is 17.0 Å². The molecular formula is C24H27N5O2. The number of nitrogens with zero attached hydrogens (tertiary/aromatic N) is 4. The van der Waals surface area contributed by atoms with E-state index in [1.807, 2.05) is 84.1 Å². The number of hydrogen-bond acceptors (Lipinski definition) is 4. The Morgan fingerprint density at radius 3 is 2.39 bits per heavy atom. The van der Waals surface area contributed by atoms with Crippen LogP contribution in [0.2, 0.25) is 0 Å². The molecular weight excluding hydrogens is 390 g/mol. The molecule has 1 saturated heterocycles. The zero-order chi connectivity index (χ0) is 21.8. The van der Waals surface area contributed by atoms with Gasteiger partial charge >= 0.3 is 0 Å². The van der Waals surface area contributed by atoms with Crippen LogP contribution in [0.15, 0.2) is 60.7 Å². The van der Waals surface area contributed by atoms with Gasteiger partial charge in [0, 0.05) is 20.0 Å². The molecule has 31 heavy (non-hydrogen) atoms. The standard InChI is InChI=1S/C24H27N5O2/c1-17-26-27-21(28(17)2)15-25-24(31)20-13-14-22(30)29(16-18-9-5-3-6-10-18)23(20)19-11-7-4-8-12-19/h3-12,20,23H,13-16H2,1-2H3,(H,25,31). The number of aromatic nitrogens is 3. The average Bonchev–Trinajstić information content (AvgIpc) is 3.12. The van der Waals surface area contributed by atoms with Crippen LogP contribution in [0.25, 0.3) is 0 Å². The van der Waals surface area contributed by atoms with Gasteiger partial charge in [-0.05, 0) is 24.5 Å². The van der Waals surface area contributed by atoms with Gasteiger partial charge in [-0.3, -0.25) is 9.59 Å². The summed E-state index contributed by atoms with van der Waals surface area (Å²) >= 11 is 0. The molecule has 2 amide bonds. The first-order valence-corrected chi connectivity index (χ1v) is 10.6. The van der Waals surface area contributed by atoms with Gasteiger partial charge in [0.2, 0.25) is 11.8 Å². The number of benzene rings is 2. The Morgan fingerprint density at radius 1 is 1.06 bits per heavy atom. The van der Waals surface area contributed by atoms with E-state index in [4.69, 9.17) is 0 Å². The van der Waals surface area contributed by atoms with E-state index < -0.39 is 0 Å². The summed E-state index contributed by atoms with van der Waals surface area (Å²) in [5.41, 5.74) is 2.02. The van der Waals surface area contributed by atoms with E-state index in [9.17, 15) is 9.59 Å². The number of carbonyl (C=O) groups is 2. The summed E-state index contributed by atoms with van der Waals surface area (Å²) in [6.07, 6.45) is 0.880. The maximum absolute atomic E-state index is 13.3. The number of piperidine rings is 1. The molecule has 0 saturated carbocycles. The molecule has 2 aromatic carbocycles. The first-order chi connectivity index (χ1) is 15.0. The van der Waals surface area contributed by atoms with Crippen LogP contribution < -0.4 is 5.32 Å². The van der Waals surface area contributed by atoms with Gasteiger partial charge in [-0.15, -0.1) is 10.2 Å². The van der Waals surface area contributed by atoms with Gasteiger partial charge in [-0.25, -0.2) is 0 Å². The van der Waals surface area contributed by atoms with E-state index in [1.54, 1.807) is 0 Å². The van der Waals surface area contributed by atoms with Crippen molar-refractivity contribution in [3.8, 4) is 0 Å². The fourth-order valence-corrected chi connectivity index (χ4v) is 4.16. The van der Waals surface area contributed by atoms with E-state index >= 15 is 0 Å². The molecule has 7 nitrogen and oxygen atoms in total. The lowest BCUT2D eigenvalue weighted by molar-refractivity contribution is -0.144. The maximum atomic E-state index is 13.3. The molecule has 1 aliphatic heterocycles. The molecule has 7 heteroatoms. The molecule has 1 N–H and O–H groups in total. The number of hydrogen-bond donors (Lipinski definition) is 1. The van der Waals surface area contributed by atoms with Crippen LogP contribution in [-0.2, 0) is 29.7 Å². The number of amides is 2. The van der Waals surface area contributed by atoms with E-state index in [0.29, 0.717) is 31.8 Å². The maximum Gasteiger partial charge on any atom is 0.225 e. The van der Waals surface area contributed by atoms with Crippen molar-refractivity contribution >= 4 is 11.8 Å². The third-order valence-electron chi connectivity index (χ3n) is 5.98. The summed E-state index contributed by atoms with van der Waals surface area (Å²) in [6, 6.07) is 19.4. The van der Waals surface area contributed by atoms with Gasteiger partial charge < -0.3 is 14.8 Å². The van der Waals surface area contributed by atoms with Gasteiger partial charge in [0.05, 0.1) is 18.5 Å². The van der Waals surface area contributed by atoms with E-state index in [2.05, 4.69) is 15.5 Å². The van der Waals surface area contributed by atoms with Crippen molar-refractivity contribution in [2.24, 2.45) is 13.0 Å². The van der Waals surface area contributed by atoms with Crippen LogP contribution >= 0.6 is 0 Å². The van der Waals surface area contributed by atoms with Crippen molar-refractivity contribution in [1.82, 2.24) is 25.0 Å². The van der Waals surface area contributed by atoms with Gasteiger partial charge in [0.1, 0.15) is 5.82 Å². The number of aryl methyl sites for hydroxylation is 1. The summed E-state index contributed by atoms with van der Waals surface area (Å²) in [5, 5.41) is 11.2. The number of likely N-dealkylation sites (tertiary alicyclic amines) is 1. The highest BCUT2D eigenvalue weighted by Crippen LogP contribution is 2.38. The minimum absolute atomic E-state index is 0.0694. The quantitative estimate of drug-likeness (QED) is 0.669. The Balaban J connectivity index is 1.59. The van der Waals surface area contributed by atoms with Gasteiger partial charge in [-0.1, -0.05) is 60.7 Å². The second kappa shape index (κ2) is 9.12. The third kappa shape index (κ3) is 4.50. The lowest BCUT2D eigenvalue weighted by atomic mass is 9.83. The minimum Gasteiger partial charge on any atom is -0.348 e. The smallest absolute Gasteiger partial charge is 0.225 e. The molecule has 1 aliphatic rings. The molecule has 3 aromatic rings. The number of rotatable bonds is 6. The average molecular weight is 418 g/mol. The Morgan fingerprint density at radius 2 is 1.74 bits per heavy atom. The molecule has 160 valence electrons. The zero-order valence-electron chi connectivity index (χ0n) is 17.9. The Bertz CT molecular complexity index is 1050. The first kappa shape index (κ1) is 20.8. The topological polar surface area (TPSA) is 80.1 Å². The van der Waals surface area contributed by atoms with Crippen LogP contribution in [0.5, 0.6) is 0 Å². The molecule has 1 fully saturated rings. The fraction of sp³-hybridized carbons (Fsp3) is 0.333. The van der Waals surface area contributed by atoms with Gasteiger partial charge in [0.15, 0.2) is 5.82 Å². The van der Waals surface area contributed by atoms with Crippen molar-refractivity contribution in [2.75, 3.05) is 0 Å². The fourth-order valence-electron chi connectivity index (χ4n) is 4.16. The second-order valence-electron chi connectivity index (χ2n) is 7.95. The third-order valence-corrected chi connectivity index (χ3v) is 5.98. The number of carbonyl (C=O) groups excluding carboxylic acids is 2. The largest absolute Gasteiger partial charge is 0.348 e. The van der Waals surface area contributed by atoms with Crippen LogP contribution in [-0.4, -0.2) is 31.5 Å². The van der Waals surface area contributed by atoms with Crippen molar-refractivity contribution in [3.05, 3.63) is 83.4 Å². The first-order valence-electron chi connectivity index (χ1n) is 10.6. The highest BCUT2D eigenvalue weighted by atomic mass is 16.2. The SMILES string of the molecule is Cc1nnc(CNC(=O)C2CCC(=O)N(Cc3ccccc3)C2c2ccccc2)n1C. The van der Waals surface area contributed by atoms with Crippen molar-refractivity contribution < 1.29 is 9.59 Å². The molecule has 0 bridgehead atoms. The molecule has 4 rings (SSSR count). The second-order valence-corrected chi connectivity index (χ2v) is 7.95. The van der Waals surface area contributed by atoms with Crippen LogP contribution in [0, 0.1) is 12.8 Å². The summed E-state index contributed by atoms with van der Waals surface area (Å²) in [4.78, 5) is 28.1. The Kier molecular flexibility index (Phi) is 6.11. The normalized spacial score (nSPS) is 18.8. The lowest BCUT2D eigenvalue weighted by Crippen LogP contribution is -2.47. The van der Waals surface area contributed by atoms with Crippen LogP contribution in [0.3, 0.4) is 0 Å². The zero-order valence-corrected chi connectivity index (χ0v) is 17.9. The Labute approximate surface area is 182 Å². The van der Waals surface area contributed by atoms with Crippen molar-refractivity contribution in [2.45, 2.75) is 38.9 Å². The summed E-state index contributed by atoms with van der Waals surface area (Å²) in [5.74, 6) is 1.17. The van der Waals surface area contributed by atoms with Gasteiger partial charge in [0.25, 0.3) is 0 Å².